The molecule has 0 bridgehead atoms. The Morgan fingerprint density at radius 3 is 2.67 bits per heavy atom. The lowest BCUT2D eigenvalue weighted by Crippen LogP contribution is -2.22. The Balaban J connectivity index is 2.27. The van der Waals surface area contributed by atoms with Gasteiger partial charge in [-0.25, -0.2) is 8.42 Å². The fourth-order valence-electron chi connectivity index (χ4n) is 2.67. The standard InChI is InChI=1S/C12H12O2S/c13-15(14)11-7-3-1-5-9(11)10-6-2-4-8-12(10)15/h1-5,7,10,12H,6,8H2/t10-,12+/m0/s1. The van der Waals surface area contributed by atoms with Gasteiger partial charge in [0, 0.05) is 5.92 Å². The number of sulfone groups is 1. The lowest BCUT2D eigenvalue weighted by atomic mass is 9.88. The Kier molecular flexibility index (Phi) is 1.80. The van der Waals surface area contributed by atoms with E-state index >= 15 is 0 Å². The Morgan fingerprint density at radius 1 is 1.07 bits per heavy atom. The van der Waals surface area contributed by atoms with Crippen molar-refractivity contribution in [1.29, 1.82) is 0 Å². The highest BCUT2D eigenvalue weighted by Gasteiger charge is 2.44. The topological polar surface area (TPSA) is 34.1 Å². The molecule has 0 spiro atoms. The molecule has 78 valence electrons. The molecule has 1 aliphatic heterocycles. The summed E-state index contributed by atoms with van der Waals surface area (Å²) in [7, 11) is -3.06. The molecule has 0 radical (unpaired) electrons. The van der Waals surface area contributed by atoms with Crippen LogP contribution in [0, 0.1) is 0 Å². The van der Waals surface area contributed by atoms with Gasteiger partial charge in [0.25, 0.3) is 0 Å². The van der Waals surface area contributed by atoms with E-state index in [-0.39, 0.29) is 11.2 Å². The zero-order valence-corrected chi connectivity index (χ0v) is 9.07. The zero-order valence-electron chi connectivity index (χ0n) is 8.26. The van der Waals surface area contributed by atoms with E-state index in [0.717, 1.165) is 12.0 Å². The molecule has 0 fully saturated rings. The summed E-state index contributed by atoms with van der Waals surface area (Å²) >= 11 is 0. The van der Waals surface area contributed by atoms with E-state index in [2.05, 4.69) is 6.08 Å². The number of allylic oxidation sites excluding steroid dienone is 2. The molecule has 2 atom stereocenters. The van der Waals surface area contributed by atoms with Crippen molar-refractivity contribution >= 4 is 9.84 Å². The summed E-state index contributed by atoms with van der Waals surface area (Å²) in [5, 5.41) is -0.208. The van der Waals surface area contributed by atoms with Crippen LogP contribution in [-0.4, -0.2) is 13.7 Å². The number of hydrogen-bond donors (Lipinski definition) is 0. The fourth-order valence-corrected chi connectivity index (χ4v) is 4.87. The number of rotatable bonds is 0. The van der Waals surface area contributed by atoms with Crippen LogP contribution in [0.15, 0.2) is 41.3 Å². The second-order valence-corrected chi connectivity index (χ2v) is 6.31. The quantitative estimate of drug-likeness (QED) is 0.628. The molecule has 2 aliphatic rings. The maximum absolute atomic E-state index is 12.2. The van der Waals surface area contributed by atoms with Crippen LogP contribution in [0.2, 0.25) is 0 Å². The second-order valence-electron chi connectivity index (χ2n) is 4.17. The number of hydrogen-bond acceptors (Lipinski definition) is 2. The largest absolute Gasteiger partial charge is 0.223 e. The van der Waals surface area contributed by atoms with Crippen molar-refractivity contribution in [3.63, 3.8) is 0 Å². The van der Waals surface area contributed by atoms with Crippen LogP contribution in [-0.2, 0) is 9.84 Å². The van der Waals surface area contributed by atoms with E-state index in [0.29, 0.717) is 11.3 Å². The SMILES string of the molecule is O=S1(=O)c2ccccc2[C@@H]2CC=CC[C@H]21. The summed E-state index contributed by atoms with van der Waals surface area (Å²) < 4.78 is 24.4. The van der Waals surface area contributed by atoms with Crippen molar-refractivity contribution in [2.75, 3.05) is 0 Å². The maximum atomic E-state index is 12.2. The second kappa shape index (κ2) is 2.95. The van der Waals surface area contributed by atoms with Gasteiger partial charge in [-0.15, -0.1) is 0 Å². The molecule has 0 saturated heterocycles. The predicted octanol–water partition coefficient (Wildman–Crippen LogP) is 2.28. The van der Waals surface area contributed by atoms with Gasteiger partial charge in [0.1, 0.15) is 0 Å². The molecule has 1 heterocycles. The van der Waals surface area contributed by atoms with Crippen LogP contribution in [0.3, 0.4) is 0 Å². The summed E-state index contributed by atoms with van der Waals surface area (Å²) in [5.74, 6) is 0.191. The molecule has 0 amide bonds. The molecular weight excluding hydrogens is 208 g/mol. The normalized spacial score (nSPS) is 30.9. The van der Waals surface area contributed by atoms with Crippen molar-refractivity contribution < 1.29 is 8.42 Å². The molecule has 0 aromatic heterocycles. The molecule has 0 saturated carbocycles. The average Bonchev–Trinajstić information content (AvgIpc) is 2.51. The van der Waals surface area contributed by atoms with Crippen LogP contribution >= 0.6 is 0 Å². The van der Waals surface area contributed by atoms with Crippen LogP contribution in [0.4, 0.5) is 0 Å². The van der Waals surface area contributed by atoms with Crippen LogP contribution in [0.25, 0.3) is 0 Å². The first kappa shape index (κ1) is 9.16. The lowest BCUT2D eigenvalue weighted by molar-refractivity contribution is 0.563. The molecule has 1 aromatic rings. The Bertz CT molecular complexity index is 528. The molecule has 3 heteroatoms. The minimum absolute atomic E-state index is 0.191. The van der Waals surface area contributed by atoms with Crippen LogP contribution < -0.4 is 0 Å². The maximum Gasteiger partial charge on any atom is 0.182 e. The first-order chi connectivity index (χ1) is 7.21. The third-order valence-electron chi connectivity index (χ3n) is 3.40. The Labute approximate surface area is 89.5 Å². The van der Waals surface area contributed by atoms with Gasteiger partial charge in [0.2, 0.25) is 0 Å². The van der Waals surface area contributed by atoms with Crippen molar-refractivity contribution in [3.8, 4) is 0 Å². The summed E-state index contributed by atoms with van der Waals surface area (Å²) in [6, 6.07) is 7.43. The van der Waals surface area contributed by atoms with Gasteiger partial charge in [0.05, 0.1) is 10.1 Å². The van der Waals surface area contributed by atoms with E-state index in [4.69, 9.17) is 0 Å². The highest BCUT2D eigenvalue weighted by Crippen LogP contribution is 2.45. The van der Waals surface area contributed by atoms with Crippen molar-refractivity contribution in [3.05, 3.63) is 42.0 Å². The average molecular weight is 220 g/mol. The Morgan fingerprint density at radius 2 is 1.80 bits per heavy atom. The fraction of sp³-hybridized carbons (Fsp3) is 0.333. The summed E-state index contributed by atoms with van der Waals surface area (Å²) in [6.45, 7) is 0. The predicted molar refractivity (Wildman–Crippen MR) is 58.5 cm³/mol. The van der Waals surface area contributed by atoms with Gasteiger partial charge in [-0.2, -0.15) is 0 Å². The smallest absolute Gasteiger partial charge is 0.182 e. The highest BCUT2D eigenvalue weighted by atomic mass is 32.2. The van der Waals surface area contributed by atoms with E-state index < -0.39 is 9.84 Å². The summed E-state index contributed by atoms with van der Waals surface area (Å²) in [5.41, 5.74) is 1.02. The van der Waals surface area contributed by atoms with Gasteiger partial charge in [0.15, 0.2) is 9.84 Å². The van der Waals surface area contributed by atoms with E-state index in [1.807, 2.05) is 18.2 Å². The molecule has 3 rings (SSSR count). The number of fused-ring (bicyclic) bond motifs is 3. The molecule has 0 unspecified atom stereocenters. The minimum Gasteiger partial charge on any atom is -0.223 e. The van der Waals surface area contributed by atoms with E-state index in [9.17, 15) is 8.42 Å². The van der Waals surface area contributed by atoms with Gasteiger partial charge in [-0.1, -0.05) is 30.4 Å². The van der Waals surface area contributed by atoms with Crippen LogP contribution in [0.1, 0.15) is 24.3 Å². The first-order valence-electron chi connectivity index (χ1n) is 5.19. The van der Waals surface area contributed by atoms with Gasteiger partial charge < -0.3 is 0 Å². The summed E-state index contributed by atoms with van der Waals surface area (Å²) in [4.78, 5) is 0.559. The highest BCUT2D eigenvalue weighted by molar-refractivity contribution is 7.92. The van der Waals surface area contributed by atoms with Crippen molar-refractivity contribution in [2.45, 2.75) is 28.9 Å². The Hall–Kier alpha value is -1.09. The number of benzene rings is 1. The molecule has 0 N–H and O–H groups in total. The third kappa shape index (κ3) is 1.13. The zero-order chi connectivity index (χ0) is 10.5. The molecule has 1 aromatic carbocycles. The molecule has 1 aliphatic carbocycles. The molecule has 15 heavy (non-hydrogen) atoms. The summed E-state index contributed by atoms with van der Waals surface area (Å²) in [6.07, 6.45) is 5.62. The first-order valence-corrected chi connectivity index (χ1v) is 6.74. The monoisotopic (exact) mass is 220 g/mol. The van der Waals surface area contributed by atoms with Gasteiger partial charge in [-0.3, -0.25) is 0 Å². The molecular formula is C12H12O2S. The lowest BCUT2D eigenvalue weighted by Gasteiger charge is -2.19. The van der Waals surface area contributed by atoms with Crippen molar-refractivity contribution in [1.82, 2.24) is 0 Å². The van der Waals surface area contributed by atoms with E-state index in [1.54, 1.807) is 12.1 Å². The molecule has 2 nitrogen and oxygen atoms in total. The van der Waals surface area contributed by atoms with Gasteiger partial charge >= 0.3 is 0 Å². The van der Waals surface area contributed by atoms with E-state index in [1.165, 1.54) is 0 Å². The van der Waals surface area contributed by atoms with Gasteiger partial charge in [-0.05, 0) is 24.5 Å². The van der Waals surface area contributed by atoms with Crippen molar-refractivity contribution in [2.24, 2.45) is 0 Å². The minimum atomic E-state index is -3.06. The third-order valence-corrected chi connectivity index (χ3v) is 5.70. The van der Waals surface area contributed by atoms with Crippen LogP contribution in [0.5, 0.6) is 0 Å².